The van der Waals surface area contributed by atoms with E-state index in [0.717, 1.165) is 18.2 Å². The second-order valence-corrected chi connectivity index (χ2v) is 4.35. The number of hydrogen-bond acceptors (Lipinski definition) is 7. The van der Waals surface area contributed by atoms with Crippen LogP contribution in [0.4, 0.5) is 5.69 Å². The van der Waals surface area contributed by atoms with Crippen molar-refractivity contribution in [3.8, 4) is 5.75 Å². The van der Waals surface area contributed by atoms with Gasteiger partial charge in [0.05, 0.1) is 9.82 Å². The second kappa shape index (κ2) is 4.94. The number of carbonyl (C=O) groups excluding carboxylic acids is 1. The molecule has 18 heavy (non-hydrogen) atoms. The fourth-order valence-electron chi connectivity index (χ4n) is 1.03. The van der Waals surface area contributed by atoms with E-state index in [4.69, 9.17) is 0 Å². The summed E-state index contributed by atoms with van der Waals surface area (Å²) in [5.74, 6) is -1.42. The molecule has 9 heteroatoms. The summed E-state index contributed by atoms with van der Waals surface area (Å²) in [4.78, 5) is 19.8. The molecule has 8 nitrogen and oxygen atoms in total. The van der Waals surface area contributed by atoms with Crippen LogP contribution in [0.25, 0.3) is 0 Å². The molecule has 0 atom stereocenters. The Bertz CT molecular complexity index is 620. The third-order valence-electron chi connectivity index (χ3n) is 1.79. The molecule has 0 aliphatic rings. The van der Waals surface area contributed by atoms with Crippen LogP contribution in [0.3, 0.4) is 0 Å². The molecule has 0 aliphatic heterocycles. The van der Waals surface area contributed by atoms with E-state index >= 15 is 0 Å². The van der Waals surface area contributed by atoms with Gasteiger partial charge in [0.2, 0.25) is 5.75 Å². The average molecular weight is 272 g/mol. The third kappa shape index (κ3) is 3.12. The lowest BCUT2D eigenvalue weighted by molar-refractivity contribution is -0.385. The molecular weight excluding hydrogens is 266 g/mol. The molecule has 0 spiro atoms. The molecule has 0 saturated heterocycles. The average Bonchev–Trinajstić information content (AvgIpc) is 2.27. The Kier molecular flexibility index (Phi) is 3.79. The molecule has 0 radical (unpaired) electrons. The maximum atomic E-state index is 10.9. The van der Waals surface area contributed by atoms with Gasteiger partial charge in [-0.25, -0.2) is 13.2 Å². The van der Waals surface area contributed by atoms with E-state index in [0.29, 0.717) is 6.07 Å². The first-order chi connectivity index (χ1) is 8.25. The monoisotopic (exact) mass is 272 g/mol. The van der Waals surface area contributed by atoms with E-state index in [-0.39, 0.29) is 0 Å². The number of nitrogens with zero attached hydrogens (tertiary/aromatic N) is 1. The van der Waals surface area contributed by atoms with Crippen LogP contribution in [0.2, 0.25) is 0 Å². The molecule has 0 saturated carbocycles. The highest BCUT2D eigenvalue weighted by atomic mass is 32.2. The number of nitro groups is 1. The van der Waals surface area contributed by atoms with Gasteiger partial charge in [-0.1, -0.05) is 6.58 Å². The van der Waals surface area contributed by atoms with Crippen LogP contribution in [0.1, 0.15) is 0 Å². The molecule has 0 unspecified atom stereocenters. The summed E-state index contributed by atoms with van der Waals surface area (Å²) in [5.41, 5.74) is -0.804. The minimum Gasteiger partial charge on any atom is -0.744 e. The third-order valence-corrected chi connectivity index (χ3v) is 2.62. The number of esters is 1. The summed E-state index contributed by atoms with van der Waals surface area (Å²) in [5, 5.41) is 10.7. The quantitative estimate of drug-likeness (QED) is 0.196. The van der Waals surface area contributed by atoms with Gasteiger partial charge in [0.15, 0.2) is 0 Å². The van der Waals surface area contributed by atoms with Gasteiger partial charge in [0.1, 0.15) is 10.1 Å². The van der Waals surface area contributed by atoms with Gasteiger partial charge in [0, 0.05) is 12.1 Å². The van der Waals surface area contributed by atoms with Crippen LogP contribution in [-0.4, -0.2) is 23.9 Å². The SMILES string of the molecule is C=CC(=O)Oc1ccc(S(=O)(=O)[O-])cc1[N+](=O)[O-]. The number of ether oxygens (including phenoxy) is 1. The van der Waals surface area contributed by atoms with E-state index in [1.165, 1.54) is 0 Å². The summed E-state index contributed by atoms with van der Waals surface area (Å²) in [6.07, 6.45) is 0.780. The standard InChI is InChI=1S/C9H7NO7S/c1-2-9(11)17-8-4-3-6(18(14,15)16)5-7(8)10(12)13/h2-5H,1H2,(H,14,15,16)/p-1. The summed E-state index contributed by atoms with van der Waals surface area (Å²) in [6, 6.07) is 2.18. The molecule has 0 aliphatic carbocycles. The largest absolute Gasteiger partial charge is 0.744 e. The lowest BCUT2D eigenvalue weighted by atomic mass is 10.3. The van der Waals surface area contributed by atoms with Crippen molar-refractivity contribution in [2.24, 2.45) is 0 Å². The van der Waals surface area contributed by atoms with Gasteiger partial charge in [-0.3, -0.25) is 10.1 Å². The number of rotatable bonds is 4. The van der Waals surface area contributed by atoms with Crippen molar-refractivity contribution in [3.05, 3.63) is 41.0 Å². The predicted octanol–water partition coefficient (Wildman–Crippen LogP) is 0.590. The number of benzene rings is 1. The highest BCUT2D eigenvalue weighted by Crippen LogP contribution is 2.29. The first kappa shape index (κ1) is 13.8. The van der Waals surface area contributed by atoms with Crippen LogP contribution in [0.5, 0.6) is 5.75 Å². The van der Waals surface area contributed by atoms with E-state index in [1.807, 2.05) is 0 Å². The number of carbonyl (C=O) groups is 1. The van der Waals surface area contributed by atoms with E-state index in [2.05, 4.69) is 11.3 Å². The van der Waals surface area contributed by atoms with Gasteiger partial charge in [-0.05, 0) is 12.1 Å². The first-order valence-electron chi connectivity index (χ1n) is 4.34. The maximum absolute atomic E-state index is 10.9. The van der Waals surface area contributed by atoms with E-state index in [9.17, 15) is 27.9 Å². The molecule has 1 aromatic rings. The highest BCUT2D eigenvalue weighted by molar-refractivity contribution is 7.85. The lowest BCUT2D eigenvalue weighted by Crippen LogP contribution is -2.07. The van der Waals surface area contributed by atoms with Crippen molar-refractivity contribution >= 4 is 21.8 Å². The van der Waals surface area contributed by atoms with Crippen molar-refractivity contribution in [2.75, 3.05) is 0 Å². The van der Waals surface area contributed by atoms with Crippen LogP contribution < -0.4 is 4.74 Å². The Labute approximate surface area is 101 Å². The van der Waals surface area contributed by atoms with Crippen molar-refractivity contribution in [1.29, 1.82) is 0 Å². The number of nitro benzene ring substituents is 1. The van der Waals surface area contributed by atoms with Gasteiger partial charge in [0.25, 0.3) is 0 Å². The summed E-state index contributed by atoms with van der Waals surface area (Å²) in [6.45, 7) is 3.10. The maximum Gasteiger partial charge on any atom is 0.335 e. The lowest BCUT2D eigenvalue weighted by Gasteiger charge is -2.08. The molecule has 1 aromatic carbocycles. The molecular formula is C9H6NO7S-. The van der Waals surface area contributed by atoms with Gasteiger partial charge in [-0.15, -0.1) is 0 Å². The highest BCUT2D eigenvalue weighted by Gasteiger charge is 2.19. The number of hydrogen-bond donors (Lipinski definition) is 0. The van der Waals surface area contributed by atoms with Crippen molar-refractivity contribution in [1.82, 2.24) is 0 Å². The van der Waals surface area contributed by atoms with Crippen molar-refractivity contribution in [2.45, 2.75) is 4.90 Å². The summed E-state index contributed by atoms with van der Waals surface area (Å²) in [7, 11) is -4.82. The van der Waals surface area contributed by atoms with Crippen LogP contribution >= 0.6 is 0 Å². The van der Waals surface area contributed by atoms with E-state index < -0.39 is 37.3 Å². The fourth-order valence-corrected chi connectivity index (χ4v) is 1.52. The van der Waals surface area contributed by atoms with E-state index in [1.54, 1.807) is 0 Å². The Morgan fingerprint density at radius 3 is 2.50 bits per heavy atom. The predicted molar refractivity (Wildman–Crippen MR) is 56.9 cm³/mol. The Morgan fingerprint density at radius 1 is 1.44 bits per heavy atom. The zero-order valence-corrected chi connectivity index (χ0v) is 9.55. The van der Waals surface area contributed by atoms with Gasteiger partial charge >= 0.3 is 11.7 Å². The molecule has 0 aromatic heterocycles. The van der Waals surface area contributed by atoms with Crippen LogP contribution in [0, 0.1) is 10.1 Å². The van der Waals surface area contributed by atoms with Gasteiger partial charge in [-0.2, -0.15) is 0 Å². The molecule has 0 bridgehead atoms. The Hall–Kier alpha value is -2.26. The zero-order chi connectivity index (χ0) is 13.9. The Balaban J connectivity index is 3.34. The minimum atomic E-state index is -4.82. The Morgan fingerprint density at radius 2 is 2.06 bits per heavy atom. The first-order valence-corrected chi connectivity index (χ1v) is 5.75. The van der Waals surface area contributed by atoms with Crippen molar-refractivity contribution in [3.63, 3.8) is 0 Å². The summed E-state index contributed by atoms with van der Waals surface area (Å²) >= 11 is 0. The smallest absolute Gasteiger partial charge is 0.335 e. The summed E-state index contributed by atoms with van der Waals surface area (Å²) < 4.78 is 36.6. The molecule has 1 rings (SSSR count). The molecule has 0 fully saturated rings. The van der Waals surface area contributed by atoms with Crippen LogP contribution in [-0.2, 0) is 14.9 Å². The minimum absolute atomic E-state index is 0.475. The molecule has 0 heterocycles. The topological polar surface area (TPSA) is 127 Å². The molecule has 96 valence electrons. The van der Waals surface area contributed by atoms with Crippen molar-refractivity contribution < 1.29 is 27.4 Å². The normalized spacial score (nSPS) is 10.7. The van der Waals surface area contributed by atoms with Crippen LogP contribution in [0.15, 0.2) is 35.7 Å². The van der Waals surface area contributed by atoms with Gasteiger partial charge < -0.3 is 9.29 Å². The zero-order valence-electron chi connectivity index (χ0n) is 8.73. The molecule has 0 N–H and O–H groups in total. The second-order valence-electron chi connectivity index (χ2n) is 2.97. The molecule has 0 amide bonds. The fraction of sp³-hybridized carbons (Fsp3) is 0.